The van der Waals surface area contributed by atoms with E-state index in [4.69, 9.17) is 4.74 Å². The molecule has 0 saturated carbocycles. The van der Waals surface area contributed by atoms with Gasteiger partial charge in [-0.25, -0.2) is 31.4 Å². The number of anilines is 4. The van der Waals surface area contributed by atoms with Crippen LogP contribution < -0.4 is 24.8 Å². The zero-order chi connectivity index (χ0) is 38.1. The van der Waals surface area contributed by atoms with E-state index in [2.05, 4.69) is 25.1 Å². The molecular formula is C34H35N5O11S2. The third-order valence-corrected chi connectivity index (χ3v) is 10.1. The van der Waals surface area contributed by atoms with Crippen LogP contribution in [-0.4, -0.2) is 62.9 Å². The predicted molar refractivity (Wildman–Crippen MR) is 191 cm³/mol. The lowest BCUT2D eigenvalue weighted by molar-refractivity contribution is -0.121. The topological polar surface area (TPSA) is 247 Å². The van der Waals surface area contributed by atoms with Gasteiger partial charge in [0.1, 0.15) is 4.90 Å². The van der Waals surface area contributed by atoms with Gasteiger partial charge in [-0.3, -0.25) is 19.0 Å². The van der Waals surface area contributed by atoms with Crippen molar-refractivity contribution in [1.29, 1.82) is 0 Å². The Morgan fingerprint density at radius 2 is 1.17 bits per heavy atom. The fraction of sp³-hybridized carbons (Fsp3) is 0.206. The quantitative estimate of drug-likeness (QED) is 0.0852. The Morgan fingerprint density at radius 1 is 0.692 bits per heavy atom. The van der Waals surface area contributed by atoms with Crippen LogP contribution >= 0.6 is 0 Å². The minimum atomic E-state index is -4.23. The molecule has 2 amide bonds. The number of nitrogens with zero attached hydrogens (tertiary/aromatic N) is 1. The van der Waals surface area contributed by atoms with Crippen molar-refractivity contribution in [3.63, 3.8) is 0 Å². The number of aryl methyl sites for hydroxylation is 1. The number of carbonyl (C=O) groups excluding carboxylic acids is 2. The molecule has 274 valence electrons. The predicted octanol–water partition coefficient (Wildman–Crippen LogP) is 4.79. The number of nitrogens with one attached hydrogen (secondary N) is 4. The van der Waals surface area contributed by atoms with E-state index < -0.39 is 54.9 Å². The Kier molecular flexibility index (Phi) is 12.5. The molecule has 0 bridgehead atoms. The summed E-state index contributed by atoms with van der Waals surface area (Å²) in [5.74, 6) is -4.13. The average molecular weight is 754 g/mol. The van der Waals surface area contributed by atoms with Gasteiger partial charge in [0.25, 0.3) is 20.0 Å². The molecule has 0 aliphatic carbocycles. The largest absolute Gasteiger partial charge is 0.481 e. The van der Waals surface area contributed by atoms with Crippen molar-refractivity contribution >= 4 is 66.5 Å². The third kappa shape index (κ3) is 10.3. The smallest absolute Gasteiger partial charge is 0.337 e. The number of ether oxygens (including phenoxy) is 1. The second kappa shape index (κ2) is 16.8. The summed E-state index contributed by atoms with van der Waals surface area (Å²) in [7, 11) is -7.01. The van der Waals surface area contributed by atoms with Crippen LogP contribution in [0.2, 0.25) is 0 Å². The van der Waals surface area contributed by atoms with Crippen molar-refractivity contribution in [2.24, 2.45) is 0 Å². The molecule has 4 rings (SSSR count). The number of sulfonamides is 2. The summed E-state index contributed by atoms with van der Waals surface area (Å²) < 4.78 is 60.9. The first-order valence-electron chi connectivity index (χ1n) is 15.6. The Labute approximate surface area is 299 Å². The second-order valence-electron chi connectivity index (χ2n) is 11.2. The van der Waals surface area contributed by atoms with Crippen LogP contribution in [0, 0.1) is 0 Å². The van der Waals surface area contributed by atoms with Crippen LogP contribution in [-0.2, 0) is 36.1 Å². The van der Waals surface area contributed by atoms with Gasteiger partial charge in [-0.2, -0.15) is 0 Å². The third-order valence-electron chi connectivity index (χ3n) is 7.42. The van der Waals surface area contributed by atoms with Crippen molar-refractivity contribution in [2.75, 3.05) is 27.2 Å². The van der Waals surface area contributed by atoms with Crippen molar-refractivity contribution in [3.8, 4) is 5.88 Å². The second-order valence-corrected chi connectivity index (χ2v) is 14.6. The normalized spacial score (nSPS) is 11.3. The lowest BCUT2D eigenvalue weighted by Crippen LogP contribution is -2.19. The first-order valence-corrected chi connectivity index (χ1v) is 18.6. The summed E-state index contributed by atoms with van der Waals surface area (Å²) in [5.41, 5.74) is -0.401. The van der Waals surface area contributed by atoms with Gasteiger partial charge in [0.15, 0.2) is 0 Å². The first kappa shape index (κ1) is 38.8. The fourth-order valence-electron chi connectivity index (χ4n) is 4.72. The first-order chi connectivity index (χ1) is 24.6. The maximum absolute atomic E-state index is 13.0. The molecule has 0 fully saturated rings. The molecular weight excluding hydrogens is 719 g/mol. The highest BCUT2D eigenvalue weighted by atomic mass is 32.2. The number of rotatable bonds is 17. The molecule has 18 heteroatoms. The SMILES string of the molecule is CCCCc1ccc(S(=O)(=O)Nc2ccc(NC(=O)CCC(=O)Nc3ccc(NS(=O)(=O)c4ccc(OC)nc4)c(C(=O)O)c3)cc2C(=O)O)cc1. The van der Waals surface area contributed by atoms with E-state index in [9.17, 15) is 46.2 Å². The molecule has 0 unspecified atom stereocenters. The molecule has 1 aromatic heterocycles. The average Bonchev–Trinajstić information content (AvgIpc) is 3.11. The van der Waals surface area contributed by atoms with Gasteiger partial charge in [0, 0.05) is 30.3 Å². The number of amides is 2. The molecule has 0 spiro atoms. The number of hydrogen-bond acceptors (Lipinski definition) is 10. The number of unbranched alkanes of at least 4 members (excludes halogenated alkanes) is 1. The van der Waals surface area contributed by atoms with E-state index in [1.54, 1.807) is 12.1 Å². The minimum Gasteiger partial charge on any atom is -0.481 e. The number of aromatic carboxylic acids is 2. The van der Waals surface area contributed by atoms with E-state index >= 15 is 0 Å². The number of aromatic nitrogens is 1. The molecule has 3 aromatic carbocycles. The van der Waals surface area contributed by atoms with Gasteiger partial charge < -0.3 is 25.6 Å². The molecule has 0 radical (unpaired) electrons. The number of carboxylic acid groups (broad SMARTS) is 2. The van der Waals surface area contributed by atoms with Crippen molar-refractivity contribution in [3.05, 3.63) is 95.7 Å². The van der Waals surface area contributed by atoms with Gasteiger partial charge in [0.05, 0.1) is 40.7 Å². The molecule has 52 heavy (non-hydrogen) atoms. The lowest BCUT2D eigenvalue weighted by Gasteiger charge is -2.13. The van der Waals surface area contributed by atoms with Gasteiger partial charge in [-0.15, -0.1) is 0 Å². The number of carbonyl (C=O) groups is 4. The van der Waals surface area contributed by atoms with E-state index in [1.807, 2.05) is 6.92 Å². The summed E-state index contributed by atoms with van der Waals surface area (Å²) in [6.07, 6.45) is 3.04. The zero-order valence-corrected chi connectivity index (χ0v) is 29.5. The van der Waals surface area contributed by atoms with Crippen LogP contribution in [0.25, 0.3) is 0 Å². The standard InChI is InChI=1S/C34H35N5O11S2/c1-3-4-5-21-6-10-24(11-7-21)51(46,47)38-28-13-8-22(18-26(28)33(42)43)36-30(40)15-16-31(41)37-23-9-14-29(27(19-23)34(44)45)39-52(48,49)25-12-17-32(50-2)35-20-25/h6-14,17-20,38-39H,3-5,15-16H2,1-2H3,(H,36,40)(H,37,41)(H,42,43)(H,44,45). The monoisotopic (exact) mass is 753 g/mol. The van der Waals surface area contributed by atoms with Gasteiger partial charge in [-0.1, -0.05) is 25.5 Å². The number of hydrogen-bond donors (Lipinski definition) is 6. The van der Waals surface area contributed by atoms with Crippen LogP contribution in [0.3, 0.4) is 0 Å². The lowest BCUT2D eigenvalue weighted by atomic mass is 10.1. The summed E-state index contributed by atoms with van der Waals surface area (Å²) >= 11 is 0. The Balaban J connectivity index is 1.36. The molecule has 4 aromatic rings. The highest BCUT2D eigenvalue weighted by molar-refractivity contribution is 7.93. The van der Waals surface area contributed by atoms with Crippen molar-refractivity contribution in [2.45, 2.75) is 48.8 Å². The van der Waals surface area contributed by atoms with Crippen LogP contribution in [0.15, 0.2) is 88.8 Å². The molecule has 0 aliphatic heterocycles. The highest BCUT2D eigenvalue weighted by Crippen LogP contribution is 2.26. The Morgan fingerprint density at radius 3 is 1.60 bits per heavy atom. The summed E-state index contributed by atoms with van der Waals surface area (Å²) in [5, 5.41) is 24.3. The molecule has 0 atom stereocenters. The molecule has 1 heterocycles. The number of pyridine rings is 1. The number of benzene rings is 3. The fourth-order valence-corrected chi connectivity index (χ4v) is 6.82. The maximum atomic E-state index is 13.0. The molecule has 0 aliphatic rings. The van der Waals surface area contributed by atoms with Gasteiger partial charge >= 0.3 is 11.9 Å². The van der Waals surface area contributed by atoms with Crippen LogP contribution in [0.5, 0.6) is 5.88 Å². The maximum Gasteiger partial charge on any atom is 0.337 e. The Hall–Kier alpha value is -6.01. The van der Waals surface area contributed by atoms with E-state index in [0.717, 1.165) is 49.2 Å². The van der Waals surface area contributed by atoms with Crippen LogP contribution in [0.1, 0.15) is 58.9 Å². The van der Waals surface area contributed by atoms with E-state index in [0.29, 0.717) is 0 Å². The van der Waals surface area contributed by atoms with Crippen molar-refractivity contribution in [1.82, 2.24) is 4.98 Å². The zero-order valence-electron chi connectivity index (χ0n) is 27.9. The summed E-state index contributed by atoms with van der Waals surface area (Å²) in [6.45, 7) is 2.05. The highest BCUT2D eigenvalue weighted by Gasteiger charge is 2.22. The molecule has 0 saturated heterocycles. The van der Waals surface area contributed by atoms with Gasteiger partial charge in [-0.05, 0) is 73.0 Å². The van der Waals surface area contributed by atoms with Crippen LogP contribution in [0.4, 0.5) is 22.7 Å². The van der Waals surface area contributed by atoms with Gasteiger partial charge in [0.2, 0.25) is 17.7 Å². The Bertz CT molecular complexity index is 2190. The van der Waals surface area contributed by atoms with E-state index in [-0.39, 0.29) is 51.3 Å². The minimum absolute atomic E-state index is 0.00782. The van der Waals surface area contributed by atoms with Crippen molar-refractivity contribution < 1.29 is 51.0 Å². The number of methoxy groups -OCH3 is 1. The summed E-state index contributed by atoms with van der Waals surface area (Å²) in [4.78, 5) is 52.6. The summed E-state index contributed by atoms with van der Waals surface area (Å²) in [6, 6.07) is 15.8. The van der Waals surface area contributed by atoms with E-state index in [1.165, 1.54) is 49.6 Å². The number of carboxylic acids is 2. The molecule has 16 nitrogen and oxygen atoms in total. The molecule has 6 N–H and O–H groups in total.